The highest BCUT2D eigenvalue weighted by molar-refractivity contribution is 6.62. The van der Waals surface area contributed by atoms with Crippen LogP contribution in [0.4, 0.5) is 5.69 Å². The van der Waals surface area contributed by atoms with Gasteiger partial charge in [-0.25, -0.2) is 4.79 Å². The molecule has 0 unspecified atom stereocenters. The van der Waals surface area contributed by atoms with Gasteiger partial charge in [0.15, 0.2) is 0 Å². The van der Waals surface area contributed by atoms with Crippen molar-refractivity contribution in [2.45, 2.75) is 19.6 Å². The van der Waals surface area contributed by atoms with E-state index in [9.17, 15) is 24.5 Å². The van der Waals surface area contributed by atoms with Crippen LogP contribution in [0.5, 0.6) is 0 Å². The average Bonchev–Trinajstić information content (AvgIpc) is 2.64. The van der Waals surface area contributed by atoms with Gasteiger partial charge in [0.25, 0.3) is 11.5 Å². The molecule has 0 aliphatic carbocycles. The fraction of sp³-hybridized carbons (Fsp3) is 0.375. The Morgan fingerprint density at radius 2 is 2.04 bits per heavy atom. The standard InChI is InChI=1S/C16H16N4O7/c1-8(12-11(6-21)15(23)18-12)14(22)13(19-17)16(24)27-7-9-2-4-10(5-3-9)20(25)26/h2-5,8,11-12,21H,6-7H2,1H3,(H,18,23)/t8-,11-,12-/m1/s1. The zero-order chi connectivity index (χ0) is 20.1. The van der Waals surface area contributed by atoms with E-state index in [4.69, 9.17) is 15.4 Å². The number of carbonyl (C=O) groups excluding carboxylic acids is 3. The fourth-order valence-corrected chi connectivity index (χ4v) is 2.61. The molecule has 0 bridgehead atoms. The lowest BCUT2D eigenvalue weighted by atomic mass is 9.79. The monoisotopic (exact) mass is 376 g/mol. The summed E-state index contributed by atoms with van der Waals surface area (Å²) in [5, 5.41) is 22.2. The average molecular weight is 376 g/mol. The maximum Gasteiger partial charge on any atom is 0.441 e. The second kappa shape index (κ2) is 8.30. The minimum atomic E-state index is -1.18. The number of ketones is 1. The highest BCUT2D eigenvalue weighted by atomic mass is 16.6. The molecule has 2 N–H and O–H groups in total. The zero-order valence-corrected chi connectivity index (χ0v) is 14.2. The molecule has 11 nitrogen and oxygen atoms in total. The van der Waals surface area contributed by atoms with Crippen LogP contribution in [-0.2, 0) is 25.7 Å². The van der Waals surface area contributed by atoms with E-state index in [1.54, 1.807) is 0 Å². The summed E-state index contributed by atoms with van der Waals surface area (Å²) in [6.45, 7) is 0.672. The van der Waals surface area contributed by atoms with Crippen molar-refractivity contribution < 1.29 is 33.9 Å². The number of aliphatic hydroxyl groups excluding tert-OH is 1. The first-order valence-electron chi connectivity index (χ1n) is 7.88. The molecule has 142 valence electrons. The molecule has 1 aromatic carbocycles. The Labute approximate surface area is 152 Å². The zero-order valence-electron chi connectivity index (χ0n) is 14.2. The molecule has 1 aromatic rings. The third-order valence-corrected chi connectivity index (χ3v) is 4.27. The van der Waals surface area contributed by atoms with Gasteiger partial charge < -0.3 is 20.7 Å². The van der Waals surface area contributed by atoms with Gasteiger partial charge in [-0.1, -0.05) is 6.92 Å². The second-order valence-corrected chi connectivity index (χ2v) is 5.92. The molecule has 1 saturated heterocycles. The minimum Gasteiger partial charge on any atom is -0.452 e. The van der Waals surface area contributed by atoms with E-state index in [0.717, 1.165) is 0 Å². The Hall–Kier alpha value is -3.43. The number of hydrogen-bond donors (Lipinski definition) is 2. The Kier molecular flexibility index (Phi) is 6.11. The molecule has 1 aliphatic heterocycles. The number of ether oxygens (including phenoxy) is 1. The number of carbonyl (C=O) groups is 3. The molecule has 0 saturated carbocycles. The summed E-state index contributed by atoms with van der Waals surface area (Å²) in [6, 6.07) is 4.52. The van der Waals surface area contributed by atoms with Gasteiger partial charge in [0.05, 0.1) is 23.5 Å². The normalized spacial score (nSPS) is 19.1. The van der Waals surface area contributed by atoms with E-state index >= 15 is 0 Å². The van der Waals surface area contributed by atoms with E-state index in [1.807, 2.05) is 0 Å². The summed E-state index contributed by atoms with van der Waals surface area (Å²) in [5.41, 5.74) is 8.46. The first-order chi connectivity index (χ1) is 12.8. The van der Waals surface area contributed by atoms with Crippen molar-refractivity contribution in [1.82, 2.24) is 5.32 Å². The van der Waals surface area contributed by atoms with Gasteiger partial charge in [0.1, 0.15) is 6.61 Å². The lowest BCUT2D eigenvalue weighted by molar-refractivity contribution is -0.384. The molecular weight excluding hydrogens is 360 g/mol. The largest absolute Gasteiger partial charge is 0.452 e. The van der Waals surface area contributed by atoms with Crippen LogP contribution >= 0.6 is 0 Å². The molecule has 1 amide bonds. The Bertz CT molecular complexity index is 830. The molecule has 0 aromatic heterocycles. The first-order valence-corrected chi connectivity index (χ1v) is 7.88. The van der Waals surface area contributed by atoms with Crippen molar-refractivity contribution in [2.24, 2.45) is 11.8 Å². The van der Waals surface area contributed by atoms with E-state index in [-0.39, 0.29) is 12.3 Å². The first kappa shape index (κ1) is 19.9. The van der Waals surface area contributed by atoms with E-state index in [0.29, 0.717) is 5.56 Å². The lowest BCUT2D eigenvalue weighted by Crippen LogP contribution is -2.64. The van der Waals surface area contributed by atoms with Crippen molar-refractivity contribution in [3.05, 3.63) is 45.5 Å². The molecule has 0 radical (unpaired) electrons. The topological polar surface area (TPSA) is 172 Å². The molecule has 3 atom stereocenters. The number of nitro groups is 1. The van der Waals surface area contributed by atoms with Gasteiger partial charge in [0, 0.05) is 18.1 Å². The van der Waals surface area contributed by atoms with Gasteiger partial charge in [-0.3, -0.25) is 19.7 Å². The number of nitrogens with zero attached hydrogens (tertiary/aromatic N) is 3. The second-order valence-electron chi connectivity index (χ2n) is 5.92. The fourth-order valence-electron chi connectivity index (χ4n) is 2.61. The summed E-state index contributed by atoms with van der Waals surface area (Å²) < 4.78 is 4.90. The number of rotatable bonds is 8. The number of non-ortho nitro benzene ring substituents is 1. The summed E-state index contributed by atoms with van der Waals surface area (Å²) in [4.78, 5) is 48.4. The van der Waals surface area contributed by atoms with Crippen LogP contribution in [0, 0.1) is 22.0 Å². The van der Waals surface area contributed by atoms with Crippen molar-refractivity contribution >= 4 is 29.1 Å². The van der Waals surface area contributed by atoms with Crippen LogP contribution in [0.15, 0.2) is 24.3 Å². The van der Waals surface area contributed by atoms with Gasteiger partial charge in [0.2, 0.25) is 5.91 Å². The number of nitro benzene ring substituents is 1. The number of benzene rings is 1. The summed E-state index contributed by atoms with van der Waals surface area (Å²) >= 11 is 0. The van der Waals surface area contributed by atoms with Crippen molar-refractivity contribution in [2.75, 3.05) is 6.61 Å². The quantitative estimate of drug-likeness (QED) is 0.0909. The smallest absolute Gasteiger partial charge is 0.441 e. The predicted molar refractivity (Wildman–Crippen MR) is 88.2 cm³/mol. The number of aliphatic hydroxyl groups is 1. The van der Waals surface area contributed by atoms with Gasteiger partial charge in [-0.15, -0.1) is 0 Å². The third-order valence-electron chi connectivity index (χ3n) is 4.27. The van der Waals surface area contributed by atoms with Crippen molar-refractivity contribution in [3.8, 4) is 0 Å². The third kappa shape index (κ3) is 4.22. The van der Waals surface area contributed by atoms with E-state index in [2.05, 4.69) is 10.1 Å². The van der Waals surface area contributed by atoms with Crippen LogP contribution in [0.1, 0.15) is 12.5 Å². The van der Waals surface area contributed by atoms with Crippen LogP contribution in [-0.4, -0.2) is 50.8 Å². The van der Waals surface area contributed by atoms with E-state index in [1.165, 1.54) is 31.2 Å². The maximum absolute atomic E-state index is 12.3. The number of esters is 1. The van der Waals surface area contributed by atoms with Crippen LogP contribution in [0.2, 0.25) is 0 Å². The Balaban J connectivity index is 1.99. The number of β-lactam (4-membered cyclic amide) rings is 1. The molecular formula is C16H16N4O7. The van der Waals surface area contributed by atoms with Crippen molar-refractivity contribution in [3.63, 3.8) is 0 Å². The molecule has 0 spiro atoms. The van der Waals surface area contributed by atoms with Crippen LogP contribution < -0.4 is 5.32 Å². The van der Waals surface area contributed by atoms with Crippen molar-refractivity contribution in [1.29, 1.82) is 0 Å². The lowest BCUT2D eigenvalue weighted by Gasteiger charge is -2.38. The molecule has 1 aliphatic rings. The highest BCUT2D eigenvalue weighted by Gasteiger charge is 2.48. The Morgan fingerprint density at radius 3 is 2.52 bits per heavy atom. The summed E-state index contributed by atoms with van der Waals surface area (Å²) in [5.74, 6) is -4.14. The molecule has 11 heteroatoms. The number of nitrogens with one attached hydrogen (secondary N) is 1. The van der Waals surface area contributed by atoms with Gasteiger partial charge in [-0.2, -0.15) is 4.79 Å². The minimum absolute atomic E-state index is 0.132. The SMILES string of the molecule is C[C@@H](C(=O)C(=[N+]=[N-])C(=O)OCc1ccc([N+](=O)[O-])cc1)[C@H]1NC(=O)[C@@H]1CO. The number of Topliss-reactive ketones (excluding diaryl/α,β-unsaturated/α-hetero) is 1. The van der Waals surface area contributed by atoms with Gasteiger partial charge in [-0.05, 0) is 17.7 Å². The molecule has 1 heterocycles. The highest BCUT2D eigenvalue weighted by Crippen LogP contribution is 2.23. The predicted octanol–water partition coefficient (Wildman–Crippen LogP) is -0.379. The maximum atomic E-state index is 12.3. The summed E-state index contributed by atoms with van der Waals surface area (Å²) in [6.07, 6.45) is 0. The Morgan fingerprint density at radius 1 is 1.41 bits per heavy atom. The van der Waals surface area contributed by atoms with Crippen LogP contribution in [0.25, 0.3) is 5.53 Å². The van der Waals surface area contributed by atoms with Crippen LogP contribution in [0.3, 0.4) is 0 Å². The molecule has 2 rings (SSSR count). The summed E-state index contributed by atoms with van der Waals surface area (Å²) in [7, 11) is 0. The van der Waals surface area contributed by atoms with E-state index < -0.39 is 52.8 Å². The molecule has 27 heavy (non-hydrogen) atoms. The number of amides is 1. The molecule has 1 fully saturated rings. The van der Waals surface area contributed by atoms with Gasteiger partial charge >= 0.3 is 11.7 Å². The number of hydrogen-bond acceptors (Lipinski definition) is 7.